The maximum Gasteiger partial charge on any atom is 0.386 e. The first-order chi connectivity index (χ1) is 21.3. The van der Waals surface area contributed by atoms with Crippen molar-refractivity contribution in [2.24, 2.45) is 0 Å². The molecule has 0 radical (unpaired) electrons. The molecule has 2 bridgehead atoms. The first kappa shape index (κ1) is 31.0. The third-order valence-electron chi connectivity index (χ3n) is 7.34. The molecule has 0 saturated carbocycles. The second-order valence-electron chi connectivity index (χ2n) is 10.2. The van der Waals surface area contributed by atoms with Gasteiger partial charge in [-0.15, -0.1) is 0 Å². The Morgan fingerprint density at radius 3 is 2.67 bits per heavy atom. The fraction of sp³-hybridized carbons (Fsp3) is 0.476. The van der Waals surface area contributed by atoms with E-state index >= 15 is 8.78 Å². The van der Waals surface area contributed by atoms with Crippen LogP contribution in [0.5, 0.6) is 0 Å². The van der Waals surface area contributed by atoms with Gasteiger partial charge in [0.15, 0.2) is 35.4 Å². The van der Waals surface area contributed by atoms with Gasteiger partial charge in [-0.2, -0.15) is 10.1 Å². The van der Waals surface area contributed by atoms with Crippen molar-refractivity contribution in [3.05, 3.63) is 40.8 Å². The van der Waals surface area contributed by atoms with Gasteiger partial charge in [0.1, 0.15) is 30.5 Å². The Bertz CT molecular complexity index is 1950. The van der Waals surface area contributed by atoms with Crippen LogP contribution >= 0.6 is 25.8 Å². The summed E-state index contributed by atoms with van der Waals surface area (Å²) in [6.45, 7) is -10.2. The molecule has 242 valence electrons. The Morgan fingerprint density at radius 2 is 1.87 bits per heavy atom. The van der Waals surface area contributed by atoms with Gasteiger partial charge in [0.25, 0.3) is 5.56 Å². The number of nitrogen functional groups attached to an aromatic ring is 2. The van der Waals surface area contributed by atoms with Crippen molar-refractivity contribution in [3.8, 4) is 0 Å². The summed E-state index contributed by atoms with van der Waals surface area (Å²) in [7, 11) is 0. The minimum Gasteiger partial charge on any atom is -0.396 e. The predicted molar refractivity (Wildman–Crippen MR) is 156 cm³/mol. The minimum atomic E-state index is -4.48. The van der Waals surface area contributed by atoms with Crippen molar-refractivity contribution in [3.63, 3.8) is 0 Å². The van der Waals surface area contributed by atoms with Crippen molar-refractivity contribution < 1.29 is 45.8 Å². The summed E-state index contributed by atoms with van der Waals surface area (Å²) in [6, 6.07) is 1.51. The number of thiol groups is 1. The van der Waals surface area contributed by atoms with E-state index in [0.29, 0.717) is 0 Å². The SMILES string of the molecule is Nc1nc2c(ncn2[C@@H]2O[C@@H]3COP(O)(=S)O[C@H]4[C@H](F)[C@H](c5cnc6c(N)ccnn56)O[C@@H]4COP(=O)(S)O[C@@H]2[C@@H]3F)c(=O)[nH]1. The monoisotopic (exact) mass is 709 g/mol. The van der Waals surface area contributed by atoms with Crippen LogP contribution in [0.15, 0.2) is 29.6 Å². The number of nitrogens with two attached hydrogens (primary N) is 2. The quantitative estimate of drug-likeness (QED) is 0.145. The van der Waals surface area contributed by atoms with Crippen LogP contribution in [0.1, 0.15) is 18.0 Å². The number of imidazole rings is 2. The molecule has 0 aliphatic carbocycles. The van der Waals surface area contributed by atoms with Crippen LogP contribution in [0.4, 0.5) is 20.4 Å². The van der Waals surface area contributed by atoms with Crippen LogP contribution in [-0.4, -0.2) is 89.0 Å². The number of rotatable bonds is 2. The van der Waals surface area contributed by atoms with E-state index in [1.54, 1.807) is 0 Å². The van der Waals surface area contributed by atoms with Crippen molar-refractivity contribution in [1.82, 2.24) is 34.1 Å². The maximum atomic E-state index is 16.0. The van der Waals surface area contributed by atoms with Gasteiger partial charge in [-0.25, -0.2) is 27.8 Å². The smallest absolute Gasteiger partial charge is 0.386 e. The van der Waals surface area contributed by atoms with Gasteiger partial charge in [-0.1, -0.05) is 12.2 Å². The largest absolute Gasteiger partial charge is 0.396 e. The molecular weight excluding hydrogens is 686 g/mol. The van der Waals surface area contributed by atoms with E-state index in [2.05, 4.69) is 37.3 Å². The number of anilines is 2. The molecule has 7 heterocycles. The molecule has 0 spiro atoms. The standard InChI is InChI=1S/C21H23F2N9O9P2S2/c22-11-9-4-36-42(34,44)40-15-10(38-14(12(15)23)8-3-26-17-7(24)1-2-28-32(8)17)5-37-43(35,45)41-16(11)20(39-9)31-6-27-13-18(31)29-21(25)30-19(13)33/h1-3,6,9-12,14-16,20H,4-5,24H2,(H,34,44)(H,35,45)(H3,25,29,30,33)/t9-,10-,11-,12-,14+,15-,16-,20-,42?,43?/m1/s1. The zero-order valence-electron chi connectivity index (χ0n) is 22.4. The minimum absolute atomic E-state index is 0.0962. The molecular formula is C21H23F2N9O9P2S2. The van der Waals surface area contributed by atoms with Crippen molar-refractivity contribution in [2.45, 2.75) is 49.1 Å². The van der Waals surface area contributed by atoms with Gasteiger partial charge < -0.3 is 30.4 Å². The van der Waals surface area contributed by atoms with Crippen LogP contribution in [0.25, 0.3) is 16.8 Å². The average molecular weight is 710 g/mol. The Hall–Kier alpha value is -2.62. The van der Waals surface area contributed by atoms with E-state index < -0.39 is 81.4 Å². The molecule has 3 aliphatic rings. The lowest BCUT2D eigenvalue weighted by atomic mass is 10.1. The zero-order chi connectivity index (χ0) is 31.8. The second-order valence-corrected chi connectivity index (χ2v) is 15.9. The second kappa shape index (κ2) is 11.3. The number of halogens is 2. The Balaban J connectivity index is 1.21. The van der Waals surface area contributed by atoms with Crippen molar-refractivity contribution >= 4 is 66.0 Å². The lowest BCUT2D eigenvalue weighted by molar-refractivity contribution is -0.0538. The Morgan fingerprint density at radius 1 is 1.09 bits per heavy atom. The normalized spacial score (nSPS) is 37.7. The molecule has 3 fully saturated rings. The van der Waals surface area contributed by atoms with E-state index in [-0.39, 0.29) is 34.1 Å². The predicted octanol–water partition coefficient (Wildman–Crippen LogP) is 1.11. The highest BCUT2D eigenvalue weighted by Gasteiger charge is 2.54. The van der Waals surface area contributed by atoms with Gasteiger partial charge in [0, 0.05) is 0 Å². The lowest BCUT2D eigenvalue weighted by Crippen LogP contribution is -2.34. The van der Waals surface area contributed by atoms with Crippen molar-refractivity contribution in [2.75, 3.05) is 24.7 Å². The summed E-state index contributed by atoms with van der Waals surface area (Å²) < 4.78 is 81.3. The molecule has 4 aromatic rings. The molecule has 7 rings (SSSR count). The molecule has 0 aromatic carbocycles. The fourth-order valence-corrected chi connectivity index (χ4v) is 8.22. The van der Waals surface area contributed by atoms with Crippen molar-refractivity contribution in [1.29, 1.82) is 0 Å². The molecule has 6 N–H and O–H groups in total. The molecule has 0 amide bonds. The number of nitrogens with zero attached hydrogens (tertiary/aromatic N) is 6. The van der Waals surface area contributed by atoms with Crippen LogP contribution in [0.2, 0.25) is 0 Å². The number of H-pyrrole nitrogens is 1. The Labute approximate surface area is 260 Å². The van der Waals surface area contributed by atoms with E-state index in [1.807, 2.05) is 0 Å². The third-order valence-corrected chi connectivity index (χ3v) is 10.5. The van der Waals surface area contributed by atoms with Gasteiger partial charge in [-0.05, 0) is 17.9 Å². The number of hydrogen-bond donors (Lipinski definition) is 5. The fourth-order valence-electron chi connectivity index (χ4n) is 5.34. The van der Waals surface area contributed by atoms with E-state index in [4.69, 9.17) is 50.8 Å². The van der Waals surface area contributed by atoms with E-state index in [9.17, 15) is 14.3 Å². The van der Waals surface area contributed by atoms with Gasteiger partial charge in [0.2, 0.25) is 5.95 Å². The number of hydrogen-bond acceptors (Lipinski definition) is 15. The number of aromatic amines is 1. The van der Waals surface area contributed by atoms with Gasteiger partial charge >= 0.3 is 13.5 Å². The number of nitrogens with one attached hydrogen (secondary N) is 1. The summed E-state index contributed by atoms with van der Waals surface area (Å²) >= 11 is 9.13. The average Bonchev–Trinajstić information content (AvgIpc) is 3.72. The molecule has 45 heavy (non-hydrogen) atoms. The highest BCUT2D eigenvalue weighted by atomic mass is 32.7. The van der Waals surface area contributed by atoms with E-state index in [0.717, 1.165) is 10.9 Å². The summed E-state index contributed by atoms with van der Waals surface area (Å²) in [5.74, 6) is -0.261. The maximum absolute atomic E-state index is 16.0. The first-order valence-electron chi connectivity index (χ1n) is 13.0. The summed E-state index contributed by atoms with van der Waals surface area (Å²) in [6.07, 6.45) is -9.32. The zero-order valence-corrected chi connectivity index (χ0v) is 25.9. The number of alkyl halides is 2. The lowest BCUT2D eigenvalue weighted by Gasteiger charge is -2.27. The molecule has 10 atom stereocenters. The molecule has 18 nitrogen and oxygen atoms in total. The van der Waals surface area contributed by atoms with Crippen LogP contribution < -0.4 is 17.0 Å². The molecule has 24 heteroatoms. The molecule has 2 unspecified atom stereocenters. The van der Waals surface area contributed by atoms with Crippen LogP contribution in [-0.2, 0) is 43.9 Å². The van der Waals surface area contributed by atoms with Crippen LogP contribution in [0.3, 0.4) is 0 Å². The topological polar surface area (TPSA) is 238 Å². The van der Waals surface area contributed by atoms with Gasteiger partial charge in [-0.3, -0.25) is 27.9 Å². The number of fused-ring (bicyclic) bond motifs is 5. The molecule has 3 saturated heterocycles. The number of aromatic nitrogens is 7. The molecule has 3 aliphatic heterocycles. The van der Waals surface area contributed by atoms with Crippen LogP contribution in [0, 0.1) is 0 Å². The summed E-state index contributed by atoms with van der Waals surface area (Å²) in [4.78, 5) is 37.7. The van der Waals surface area contributed by atoms with E-state index in [1.165, 1.54) is 23.0 Å². The Kier molecular flexibility index (Phi) is 7.76. The summed E-state index contributed by atoms with van der Waals surface area (Å²) in [5, 5.41) is 4.14. The summed E-state index contributed by atoms with van der Waals surface area (Å²) in [5.41, 5.74) is 11.4. The first-order valence-corrected chi connectivity index (χ1v) is 18.3. The van der Waals surface area contributed by atoms with Gasteiger partial charge in [0.05, 0.1) is 43.3 Å². The third kappa shape index (κ3) is 5.57. The number of ether oxygens (including phenoxy) is 2. The highest BCUT2D eigenvalue weighted by molar-refractivity contribution is 8.44. The molecule has 4 aromatic heterocycles. The highest BCUT2D eigenvalue weighted by Crippen LogP contribution is 2.59.